The molecule has 0 aliphatic heterocycles. The standard InChI is InChI=1S/C16H17N3O4/c1-19-14(6-7-17-19)18-16(20)11-4-5-13(22-3)15-12(11)8-10(23-15)9-21-2/h4-8H,9H2,1-3H3,(H,18,20). The maximum Gasteiger partial charge on any atom is 0.257 e. The molecule has 3 aromatic rings. The van der Waals surface area contributed by atoms with Crippen molar-refractivity contribution >= 4 is 22.7 Å². The van der Waals surface area contributed by atoms with Crippen LogP contribution in [0.4, 0.5) is 5.82 Å². The Labute approximate surface area is 132 Å². The van der Waals surface area contributed by atoms with E-state index in [1.54, 1.807) is 56.4 Å². The molecular formula is C16H17N3O4. The number of amides is 1. The molecule has 2 aromatic heterocycles. The Bertz CT molecular complexity index is 850. The highest BCUT2D eigenvalue weighted by atomic mass is 16.5. The van der Waals surface area contributed by atoms with E-state index in [-0.39, 0.29) is 5.91 Å². The van der Waals surface area contributed by atoms with E-state index in [1.165, 1.54) is 0 Å². The number of nitrogens with zero attached hydrogens (tertiary/aromatic N) is 2. The van der Waals surface area contributed by atoms with Gasteiger partial charge in [-0.3, -0.25) is 9.48 Å². The number of hydrogen-bond acceptors (Lipinski definition) is 5. The van der Waals surface area contributed by atoms with Gasteiger partial charge in [-0.25, -0.2) is 0 Å². The second kappa shape index (κ2) is 6.13. The molecule has 0 fully saturated rings. The molecule has 0 saturated carbocycles. The van der Waals surface area contributed by atoms with E-state index in [0.717, 1.165) is 0 Å². The summed E-state index contributed by atoms with van der Waals surface area (Å²) in [6.45, 7) is 0.320. The van der Waals surface area contributed by atoms with Gasteiger partial charge in [-0.2, -0.15) is 5.10 Å². The highest BCUT2D eigenvalue weighted by molar-refractivity contribution is 6.13. The maximum atomic E-state index is 12.6. The van der Waals surface area contributed by atoms with E-state index in [4.69, 9.17) is 13.9 Å². The van der Waals surface area contributed by atoms with Crippen LogP contribution >= 0.6 is 0 Å². The zero-order valence-corrected chi connectivity index (χ0v) is 13.1. The Morgan fingerprint density at radius 2 is 2.17 bits per heavy atom. The molecule has 1 N–H and O–H groups in total. The van der Waals surface area contributed by atoms with Gasteiger partial charge in [-0.15, -0.1) is 0 Å². The van der Waals surface area contributed by atoms with Crippen LogP contribution < -0.4 is 10.1 Å². The van der Waals surface area contributed by atoms with E-state index in [0.29, 0.717) is 40.5 Å². The van der Waals surface area contributed by atoms with Gasteiger partial charge in [0.05, 0.1) is 18.9 Å². The van der Waals surface area contributed by atoms with E-state index in [9.17, 15) is 4.79 Å². The van der Waals surface area contributed by atoms with Crippen LogP contribution in [-0.4, -0.2) is 29.9 Å². The highest BCUT2D eigenvalue weighted by Gasteiger charge is 2.18. The predicted octanol–water partition coefficient (Wildman–Crippen LogP) is 2.57. The van der Waals surface area contributed by atoms with E-state index in [1.807, 2.05) is 0 Å². The summed E-state index contributed by atoms with van der Waals surface area (Å²) >= 11 is 0. The number of fused-ring (bicyclic) bond motifs is 1. The van der Waals surface area contributed by atoms with Crippen LogP contribution in [0.15, 0.2) is 34.9 Å². The third-order valence-corrected chi connectivity index (χ3v) is 3.51. The van der Waals surface area contributed by atoms with Crippen molar-refractivity contribution in [1.29, 1.82) is 0 Å². The number of nitrogens with one attached hydrogen (secondary N) is 1. The number of furan rings is 1. The Morgan fingerprint density at radius 1 is 1.35 bits per heavy atom. The Hall–Kier alpha value is -2.80. The first-order chi connectivity index (χ1) is 11.1. The van der Waals surface area contributed by atoms with Crippen LogP contribution in [0.25, 0.3) is 11.0 Å². The highest BCUT2D eigenvalue weighted by Crippen LogP contribution is 2.32. The number of aromatic nitrogens is 2. The third kappa shape index (κ3) is 2.78. The van der Waals surface area contributed by atoms with Gasteiger partial charge in [0.2, 0.25) is 0 Å². The molecule has 0 bridgehead atoms. The zero-order chi connectivity index (χ0) is 16.4. The lowest BCUT2D eigenvalue weighted by molar-refractivity contribution is 0.102. The monoisotopic (exact) mass is 315 g/mol. The van der Waals surface area contributed by atoms with Crippen LogP contribution in [0.2, 0.25) is 0 Å². The van der Waals surface area contributed by atoms with Crippen molar-refractivity contribution in [3.8, 4) is 5.75 Å². The molecule has 1 aromatic carbocycles. The third-order valence-electron chi connectivity index (χ3n) is 3.51. The molecule has 0 saturated heterocycles. The van der Waals surface area contributed by atoms with E-state index >= 15 is 0 Å². The van der Waals surface area contributed by atoms with Crippen LogP contribution in [0.5, 0.6) is 5.75 Å². The first-order valence-electron chi connectivity index (χ1n) is 7.01. The minimum absolute atomic E-state index is 0.244. The molecule has 120 valence electrons. The van der Waals surface area contributed by atoms with Crippen LogP contribution in [-0.2, 0) is 18.4 Å². The molecule has 2 heterocycles. The quantitative estimate of drug-likeness (QED) is 0.783. The molecule has 3 rings (SSSR count). The molecule has 1 amide bonds. The molecule has 23 heavy (non-hydrogen) atoms. The normalized spacial score (nSPS) is 10.9. The average molecular weight is 315 g/mol. The van der Waals surface area contributed by atoms with Crippen molar-refractivity contribution in [3.05, 3.63) is 41.8 Å². The smallest absolute Gasteiger partial charge is 0.257 e. The van der Waals surface area contributed by atoms with Crippen LogP contribution in [0, 0.1) is 0 Å². The summed E-state index contributed by atoms with van der Waals surface area (Å²) < 4.78 is 17.7. The lowest BCUT2D eigenvalue weighted by Gasteiger charge is -2.07. The maximum absolute atomic E-state index is 12.6. The number of carbonyl (C=O) groups is 1. The van der Waals surface area contributed by atoms with Gasteiger partial charge < -0.3 is 19.2 Å². The number of anilines is 1. The van der Waals surface area contributed by atoms with Crippen molar-refractivity contribution < 1.29 is 18.7 Å². The van der Waals surface area contributed by atoms with Crippen molar-refractivity contribution in [2.75, 3.05) is 19.5 Å². The van der Waals surface area contributed by atoms with Gasteiger partial charge in [-0.05, 0) is 18.2 Å². The van der Waals surface area contributed by atoms with Gasteiger partial charge in [0, 0.05) is 25.6 Å². The second-order valence-electron chi connectivity index (χ2n) is 5.00. The Kier molecular flexibility index (Phi) is 4.03. The number of aryl methyl sites for hydroxylation is 1. The fourth-order valence-corrected chi connectivity index (χ4v) is 2.40. The average Bonchev–Trinajstić information content (AvgIpc) is 3.13. The molecule has 0 radical (unpaired) electrons. The largest absolute Gasteiger partial charge is 0.493 e. The van der Waals surface area contributed by atoms with E-state index < -0.39 is 0 Å². The Balaban J connectivity index is 2.03. The first kappa shape index (κ1) is 15.1. The molecule has 7 nitrogen and oxygen atoms in total. The lowest BCUT2D eigenvalue weighted by Crippen LogP contribution is -2.14. The summed E-state index contributed by atoms with van der Waals surface area (Å²) in [6.07, 6.45) is 1.62. The van der Waals surface area contributed by atoms with Crippen molar-refractivity contribution in [2.45, 2.75) is 6.61 Å². The molecule has 0 aliphatic carbocycles. The number of rotatable bonds is 5. The molecule has 0 atom stereocenters. The molecule has 7 heteroatoms. The minimum atomic E-state index is -0.244. The lowest BCUT2D eigenvalue weighted by atomic mass is 10.1. The summed E-state index contributed by atoms with van der Waals surface area (Å²) in [7, 11) is 4.90. The van der Waals surface area contributed by atoms with Crippen molar-refractivity contribution in [1.82, 2.24) is 9.78 Å². The fraction of sp³-hybridized carbons (Fsp3) is 0.250. The number of carbonyl (C=O) groups excluding carboxylic acids is 1. The van der Waals surface area contributed by atoms with E-state index in [2.05, 4.69) is 10.4 Å². The summed E-state index contributed by atoms with van der Waals surface area (Å²) in [6, 6.07) is 6.93. The molecule has 0 unspecified atom stereocenters. The molecule has 0 spiro atoms. The van der Waals surface area contributed by atoms with Gasteiger partial charge in [0.25, 0.3) is 5.91 Å². The van der Waals surface area contributed by atoms with Crippen LogP contribution in [0.3, 0.4) is 0 Å². The number of methoxy groups -OCH3 is 2. The SMILES string of the molecule is COCc1cc2c(C(=O)Nc3ccnn3C)ccc(OC)c2o1. The Morgan fingerprint density at radius 3 is 2.83 bits per heavy atom. The summed E-state index contributed by atoms with van der Waals surface area (Å²) in [5, 5.41) is 7.53. The van der Waals surface area contributed by atoms with Crippen LogP contribution in [0.1, 0.15) is 16.1 Å². The number of ether oxygens (including phenoxy) is 2. The number of hydrogen-bond donors (Lipinski definition) is 1. The van der Waals surface area contributed by atoms with Gasteiger partial charge >= 0.3 is 0 Å². The first-order valence-corrected chi connectivity index (χ1v) is 7.01. The van der Waals surface area contributed by atoms with Gasteiger partial charge in [0.1, 0.15) is 18.2 Å². The summed E-state index contributed by atoms with van der Waals surface area (Å²) in [4.78, 5) is 12.6. The fourth-order valence-electron chi connectivity index (χ4n) is 2.40. The summed E-state index contributed by atoms with van der Waals surface area (Å²) in [5.41, 5.74) is 1.02. The summed E-state index contributed by atoms with van der Waals surface area (Å²) in [5.74, 6) is 1.56. The number of benzene rings is 1. The second-order valence-corrected chi connectivity index (χ2v) is 5.00. The van der Waals surface area contributed by atoms with Gasteiger partial charge in [0.15, 0.2) is 11.3 Å². The zero-order valence-electron chi connectivity index (χ0n) is 13.1. The predicted molar refractivity (Wildman–Crippen MR) is 84.6 cm³/mol. The van der Waals surface area contributed by atoms with Crippen molar-refractivity contribution in [3.63, 3.8) is 0 Å². The molecule has 0 aliphatic rings. The molecular weight excluding hydrogens is 298 g/mol. The minimum Gasteiger partial charge on any atom is -0.493 e. The topological polar surface area (TPSA) is 78.5 Å². The van der Waals surface area contributed by atoms with Gasteiger partial charge in [-0.1, -0.05) is 0 Å². The van der Waals surface area contributed by atoms with Crippen molar-refractivity contribution in [2.24, 2.45) is 7.05 Å².